The lowest BCUT2D eigenvalue weighted by Gasteiger charge is -2.15. The number of hydrogen-bond acceptors (Lipinski definition) is 2. The second kappa shape index (κ2) is 2.23. The molecule has 58 valence electrons. The molecule has 3 heteroatoms. The zero-order valence-electron chi connectivity index (χ0n) is 6.13. The summed E-state index contributed by atoms with van der Waals surface area (Å²) in [5, 5.41) is 8.59. The predicted molar refractivity (Wildman–Crippen MR) is 37.6 cm³/mol. The van der Waals surface area contributed by atoms with E-state index >= 15 is 0 Å². The molecule has 1 fully saturated rings. The molecule has 1 saturated carbocycles. The molecule has 0 aromatic rings. The maximum absolute atomic E-state index is 10.4. The van der Waals surface area contributed by atoms with Gasteiger partial charge in [-0.25, -0.2) is 0 Å². The van der Waals surface area contributed by atoms with Crippen molar-refractivity contribution in [3.8, 4) is 0 Å². The van der Waals surface area contributed by atoms with E-state index in [9.17, 15) is 4.79 Å². The Bertz CT molecular complexity index is 154. The number of carboxylic acid groups (broad SMARTS) is 1. The van der Waals surface area contributed by atoms with Crippen molar-refractivity contribution in [2.75, 3.05) is 0 Å². The lowest BCUT2D eigenvalue weighted by Crippen LogP contribution is -2.33. The molecular weight excluding hydrogens is 130 g/mol. The molecule has 0 amide bonds. The SMILES string of the molecule is CC1(N)CCC(C(=O)O)C1. The molecule has 0 aromatic carbocycles. The van der Waals surface area contributed by atoms with E-state index < -0.39 is 5.97 Å². The predicted octanol–water partition coefficient (Wildman–Crippen LogP) is 0.588. The third-order valence-corrected chi connectivity index (χ3v) is 2.13. The average Bonchev–Trinajstić information content (AvgIpc) is 2.10. The van der Waals surface area contributed by atoms with Crippen molar-refractivity contribution < 1.29 is 9.90 Å². The minimum absolute atomic E-state index is 0.199. The van der Waals surface area contributed by atoms with Gasteiger partial charge >= 0.3 is 5.97 Å². The minimum Gasteiger partial charge on any atom is -0.481 e. The molecule has 1 rings (SSSR count). The van der Waals surface area contributed by atoms with Crippen LogP contribution >= 0.6 is 0 Å². The van der Waals surface area contributed by atoms with Crippen molar-refractivity contribution >= 4 is 5.97 Å². The lowest BCUT2D eigenvalue weighted by molar-refractivity contribution is -0.141. The molecule has 1 aliphatic carbocycles. The van der Waals surface area contributed by atoms with Crippen molar-refractivity contribution in [2.24, 2.45) is 11.7 Å². The highest BCUT2D eigenvalue weighted by Crippen LogP contribution is 2.31. The van der Waals surface area contributed by atoms with Crippen LogP contribution in [-0.2, 0) is 4.79 Å². The molecule has 10 heavy (non-hydrogen) atoms. The standard InChI is InChI=1S/C7H13NO2/c1-7(8)3-2-5(4-7)6(9)10/h5H,2-4,8H2,1H3,(H,9,10). The maximum Gasteiger partial charge on any atom is 0.306 e. The van der Waals surface area contributed by atoms with E-state index in [2.05, 4.69) is 0 Å². The molecule has 0 aromatic heterocycles. The average molecular weight is 143 g/mol. The van der Waals surface area contributed by atoms with Crippen molar-refractivity contribution in [3.63, 3.8) is 0 Å². The fourth-order valence-electron chi connectivity index (χ4n) is 1.48. The lowest BCUT2D eigenvalue weighted by atomic mass is 10.0. The van der Waals surface area contributed by atoms with Crippen LogP contribution in [0.4, 0.5) is 0 Å². The molecule has 0 heterocycles. The van der Waals surface area contributed by atoms with Gasteiger partial charge in [0.15, 0.2) is 0 Å². The van der Waals surface area contributed by atoms with Crippen molar-refractivity contribution in [1.82, 2.24) is 0 Å². The third-order valence-electron chi connectivity index (χ3n) is 2.13. The van der Waals surface area contributed by atoms with Gasteiger partial charge in [-0.1, -0.05) is 0 Å². The van der Waals surface area contributed by atoms with Crippen molar-refractivity contribution in [3.05, 3.63) is 0 Å². The molecule has 3 nitrogen and oxygen atoms in total. The molecule has 0 aliphatic heterocycles. The summed E-state index contributed by atoms with van der Waals surface area (Å²) in [6, 6.07) is 0. The Morgan fingerprint density at radius 2 is 2.40 bits per heavy atom. The van der Waals surface area contributed by atoms with Crippen LogP contribution in [-0.4, -0.2) is 16.6 Å². The fraction of sp³-hybridized carbons (Fsp3) is 0.857. The van der Waals surface area contributed by atoms with Gasteiger partial charge in [0.25, 0.3) is 0 Å². The highest BCUT2D eigenvalue weighted by molar-refractivity contribution is 5.70. The van der Waals surface area contributed by atoms with Crippen LogP contribution < -0.4 is 5.73 Å². The van der Waals surface area contributed by atoms with E-state index in [1.165, 1.54) is 0 Å². The third kappa shape index (κ3) is 1.48. The van der Waals surface area contributed by atoms with E-state index in [1.807, 2.05) is 6.92 Å². The number of nitrogens with two attached hydrogens (primary N) is 1. The summed E-state index contributed by atoms with van der Waals surface area (Å²) in [7, 11) is 0. The first kappa shape index (κ1) is 7.54. The number of rotatable bonds is 1. The first-order valence-corrected chi connectivity index (χ1v) is 3.53. The summed E-state index contributed by atoms with van der Waals surface area (Å²) >= 11 is 0. The monoisotopic (exact) mass is 143 g/mol. The Morgan fingerprint density at radius 3 is 2.60 bits per heavy atom. The van der Waals surface area contributed by atoms with Gasteiger partial charge in [0.05, 0.1) is 5.92 Å². The van der Waals surface area contributed by atoms with Gasteiger partial charge in [-0.15, -0.1) is 0 Å². The summed E-state index contributed by atoms with van der Waals surface area (Å²) < 4.78 is 0. The highest BCUT2D eigenvalue weighted by Gasteiger charge is 2.35. The Labute approximate surface area is 60.2 Å². The molecule has 0 saturated heterocycles. The van der Waals surface area contributed by atoms with Crippen molar-refractivity contribution in [2.45, 2.75) is 31.7 Å². The molecular formula is C7H13NO2. The number of hydrogen-bond donors (Lipinski definition) is 2. The largest absolute Gasteiger partial charge is 0.481 e. The highest BCUT2D eigenvalue weighted by atomic mass is 16.4. The van der Waals surface area contributed by atoms with E-state index in [1.54, 1.807) is 0 Å². The van der Waals surface area contributed by atoms with Crippen LogP contribution in [0.1, 0.15) is 26.2 Å². The van der Waals surface area contributed by atoms with Crippen LogP contribution in [0.25, 0.3) is 0 Å². The first-order chi connectivity index (χ1) is 4.51. The molecule has 2 unspecified atom stereocenters. The van der Waals surface area contributed by atoms with E-state index in [-0.39, 0.29) is 11.5 Å². The van der Waals surface area contributed by atoms with E-state index in [4.69, 9.17) is 10.8 Å². The summed E-state index contributed by atoms with van der Waals surface area (Å²) in [5.41, 5.74) is 5.51. The van der Waals surface area contributed by atoms with Crippen LogP contribution in [0.5, 0.6) is 0 Å². The molecule has 1 aliphatic rings. The smallest absolute Gasteiger partial charge is 0.306 e. The molecule has 0 bridgehead atoms. The van der Waals surface area contributed by atoms with Crippen LogP contribution in [0.3, 0.4) is 0 Å². The summed E-state index contributed by atoms with van der Waals surface area (Å²) in [5.74, 6) is -0.899. The van der Waals surface area contributed by atoms with Gasteiger partial charge in [-0.05, 0) is 26.2 Å². The zero-order chi connectivity index (χ0) is 7.78. The molecule has 0 spiro atoms. The second-order valence-corrected chi connectivity index (χ2v) is 3.43. The zero-order valence-corrected chi connectivity index (χ0v) is 6.13. The maximum atomic E-state index is 10.4. The van der Waals surface area contributed by atoms with E-state index in [0.29, 0.717) is 6.42 Å². The van der Waals surface area contributed by atoms with Gasteiger partial charge in [0, 0.05) is 5.54 Å². The topological polar surface area (TPSA) is 63.3 Å². The van der Waals surface area contributed by atoms with Gasteiger partial charge in [-0.2, -0.15) is 0 Å². The fourth-order valence-corrected chi connectivity index (χ4v) is 1.48. The normalized spacial score (nSPS) is 40.0. The number of carboxylic acids is 1. The van der Waals surface area contributed by atoms with Crippen LogP contribution in [0.2, 0.25) is 0 Å². The van der Waals surface area contributed by atoms with Crippen LogP contribution in [0.15, 0.2) is 0 Å². The van der Waals surface area contributed by atoms with Gasteiger partial charge in [0.2, 0.25) is 0 Å². The number of aliphatic carboxylic acids is 1. The Hall–Kier alpha value is -0.570. The summed E-state index contributed by atoms with van der Waals surface area (Å²) in [4.78, 5) is 10.4. The van der Waals surface area contributed by atoms with Crippen molar-refractivity contribution in [1.29, 1.82) is 0 Å². The van der Waals surface area contributed by atoms with E-state index in [0.717, 1.165) is 12.8 Å². The summed E-state index contributed by atoms with van der Waals surface area (Å²) in [6.07, 6.45) is 2.20. The Balaban J connectivity index is 2.51. The molecule has 2 atom stereocenters. The molecule has 3 N–H and O–H groups in total. The summed E-state index contributed by atoms with van der Waals surface area (Å²) in [6.45, 7) is 1.91. The number of carbonyl (C=O) groups is 1. The Kier molecular flexibility index (Phi) is 1.68. The van der Waals surface area contributed by atoms with Gasteiger partial charge in [0.1, 0.15) is 0 Å². The minimum atomic E-state index is -0.700. The van der Waals surface area contributed by atoms with Gasteiger partial charge < -0.3 is 10.8 Å². The first-order valence-electron chi connectivity index (χ1n) is 3.53. The van der Waals surface area contributed by atoms with Gasteiger partial charge in [-0.3, -0.25) is 4.79 Å². The molecule has 0 radical (unpaired) electrons. The quantitative estimate of drug-likeness (QED) is 0.564. The van der Waals surface area contributed by atoms with Crippen LogP contribution in [0, 0.1) is 5.92 Å². The second-order valence-electron chi connectivity index (χ2n) is 3.43. The Morgan fingerprint density at radius 1 is 1.80 bits per heavy atom.